The summed E-state index contributed by atoms with van der Waals surface area (Å²) in [6, 6.07) is 14.3. The molecule has 0 bridgehead atoms. The number of thiophene rings is 1. The van der Waals surface area contributed by atoms with E-state index in [1.54, 1.807) is 0 Å². The smallest absolute Gasteiger partial charge is 0.235 e. The van der Waals surface area contributed by atoms with Gasteiger partial charge in [-0.3, -0.25) is 0 Å². The monoisotopic (exact) mass is 483 g/mol. The Labute approximate surface area is 195 Å². The van der Waals surface area contributed by atoms with E-state index in [2.05, 4.69) is 27.0 Å². The summed E-state index contributed by atoms with van der Waals surface area (Å²) < 4.78 is 45.2. The van der Waals surface area contributed by atoms with Crippen LogP contribution < -0.4 is 9.64 Å². The van der Waals surface area contributed by atoms with E-state index < -0.39 is 15.7 Å². The first-order valence-electron chi connectivity index (χ1n) is 10.6. The van der Waals surface area contributed by atoms with Crippen molar-refractivity contribution < 1.29 is 17.5 Å². The number of anilines is 1. The van der Waals surface area contributed by atoms with Crippen LogP contribution in [0, 0.1) is 5.82 Å². The maximum Gasteiger partial charge on any atom is 0.235 e. The van der Waals surface area contributed by atoms with Crippen LogP contribution in [-0.2, 0) is 9.84 Å². The van der Waals surface area contributed by atoms with Crippen molar-refractivity contribution in [3.63, 3.8) is 0 Å². The molecular weight excluding hydrogens is 461 g/mol. The highest BCUT2D eigenvalue weighted by Crippen LogP contribution is 2.38. The molecule has 0 atom stereocenters. The largest absolute Gasteiger partial charge is 0.473 e. The fourth-order valence-corrected chi connectivity index (χ4v) is 5.66. The lowest BCUT2D eigenvalue weighted by atomic mass is 10.1. The van der Waals surface area contributed by atoms with Gasteiger partial charge in [-0.1, -0.05) is 24.3 Å². The molecule has 0 amide bonds. The number of aromatic nitrogens is 2. The summed E-state index contributed by atoms with van der Waals surface area (Å²) in [6.07, 6.45) is 4.28. The Morgan fingerprint density at radius 1 is 1.06 bits per heavy atom. The predicted octanol–water partition coefficient (Wildman–Crippen LogP) is 4.95. The molecule has 0 N–H and O–H groups in total. The zero-order valence-electron chi connectivity index (χ0n) is 17.9. The molecule has 2 aromatic heterocycles. The van der Waals surface area contributed by atoms with Crippen molar-refractivity contribution in [3.05, 3.63) is 66.1 Å². The van der Waals surface area contributed by atoms with Gasteiger partial charge in [-0.15, -0.1) is 11.3 Å². The summed E-state index contributed by atoms with van der Waals surface area (Å²) in [6.45, 7) is 1.80. The van der Waals surface area contributed by atoms with Crippen molar-refractivity contribution in [2.75, 3.05) is 24.2 Å². The number of halogens is 1. The quantitative estimate of drug-likeness (QED) is 0.400. The summed E-state index contributed by atoms with van der Waals surface area (Å²) in [5, 5.41) is 1.81. The number of ether oxygens (including phenoxy) is 1. The third kappa shape index (κ3) is 4.43. The van der Waals surface area contributed by atoms with Crippen molar-refractivity contribution in [1.82, 2.24) is 9.97 Å². The predicted molar refractivity (Wildman–Crippen MR) is 128 cm³/mol. The zero-order chi connectivity index (χ0) is 23.0. The van der Waals surface area contributed by atoms with E-state index in [0.717, 1.165) is 43.0 Å². The van der Waals surface area contributed by atoms with E-state index in [-0.39, 0.29) is 11.0 Å². The third-order valence-corrected chi connectivity index (χ3v) is 7.89. The molecule has 6 nitrogen and oxygen atoms in total. The zero-order valence-corrected chi connectivity index (χ0v) is 19.6. The molecule has 0 aliphatic carbocycles. The maximum absolute atomic E-state index is 14.8. The van der Waals surface area contributed by atoms with Gasteiger partial charge in [0.25, 0.3) is 0 Å². The van der Waals surface area contributed by atoms with Crippen molar-refractivity contribution in [1.29, 1.82) is 0 Å². The van der Waals surface area contributed by atoms with Gasteiger partial charge in [0.15, 0.2) is 9.84 Å². The van der Waals surface area contributed by atoms with E-state index >= 15 is 0 Å². The number of fused-ring (bicyclic) bond motifs is 1. The molecule has 0 spiro atoms. The van der Waals surface area contributed by atoms with Gasteiger partial charge in [-0.25, -0.2) is 22.8 Å². The van der Waals surface area contributed by atoms with Gasteiger partial charge < -0.3 is 9.64 Å². The van der Waals surface area contributed by atoms with Crippen LogP contribution in [0.5, 0.6) is 5.88 Å². The molecule has 170 valence electrons. The second-order valence-corrected chi connectivity index (χ2v) is 11.0. The Bertz CT molecular complexity index is 1400. The van der Waals surface area contributed by atoms with E-state index in [9.17, 15) is 12.8 Å². The number of rotatable bonds is 5. The van der Waals surface area contributed by atoms with Crippen LogP contribution in [0.2, 0.25) is 0 Å². The van der Waals surface area contributed by atoms with Crippen molar-refractivity contribution in [3.8, 4) is 17.0 Å². The second-order valence-electron chi connectivity index (χ2n) is 8.06. The number of para-hydroxylation sites is 1. The van der Waals surface area contributed by atoms with E-state index in [1.165, 1.54) is 35.5 Å². The van der Waals surface area contributed by atoms with Crippen LogP contribution in [0.1, 0.15) is 12.8 Å². The number of nitrogens with zero attached hydrogens (tertiary/aromatic N) is 3. The van der Waals surface area contributed by atoms with Crippen LogP contribution in [0.15, 0.2) is 65.1 Å². The molecule has 1 aliphatic heterocycles. The molecule has 3 heterocycles. The standard InChI is InChI=1S/C24H22FN3O3S2/c1-33(29,30)18-7-8-19(21(25)13-18)20-14-32-23-22(20)26-15-27-24(23)31-17-9-11-28(12-10-17)16-5-3-2-4-6-16/h2-8,13-15,17H,9-12H2,1H3. The highest BCUT2D eigenvalue weighted by molar-refractivity contribution is 7.90. The Kier molecular flexibility index (Phi) is 5.76. The summed E-state index contributed by atoms with van der Waals surface area (Å²) in [5.41, 5.74) is 2.71. The first kappa shape index (κ1) is 21.8. The third-order valence-electron chi connectivity index (χ3n) is 5.82. The fourth-order valence-electron chi connectivity index (χ4n) is 4.08. The van der Waals surface area contributed by atoms with Crippen LogP contribution in [0.4, 0.5) is 10.1 Å². The number of hydrogen-bond donors (Lipinski definition) is 0. The van der Waals surface area contributed by atoms with Crippen LogP contribution >= 0.6 is 11.3 Å². The molecule has 9 heteroatoms. The highest BCUT2D eigenvalue weighted by Gasteiger charge is 2.23. The van der Waals surface area contributed by atoms with Gasteiger partial charge in [0, 0.05) is 54.4 Å². The van der Waals surface area contributed by atoms with Crippen LogP contribution in [0.3, 0.4) is 0 Å². The Balaban J connectivity index is 1.37. The van der Waals surface area contributed by atoms with E-state index in [4.69, 9.17) is 4.74 Å². The fraction of sp³-hybridized carbons (Fsp3) is 0.250. The lowest BCUT2D eigenvalue weighted by molar-refractivity contribution is 0.166. The van der Waals surface area contributed by atoms with Gasteiger partial charge in [-0.2, -0.15) is 0 Å². The molecule has 0 radical (unpaired) electrons. The van der Waals surface area contributed by atoms with Gasteiger partial charge in [-0.05, 0) is 24.3 Å². The Morgan fingerprint density at radius 3 is 2.52 bits per heavy atom. The normalized spacial score (nSPS) is 15.2. The van der Waals surface area contributed by atoms with Crippen LogP contribution in [0.25, 0.3) is 21.3 Å². The molecular formula is C24H22FN3O3S2. The molecule has 0 saturated carbocycles. The highest BCUT2D eigenvalue weighted by atomic mass is 32.2. The van der Waals surface area contributed by atoms with Gasteiger partial charge in [0.2, 0.25) is 5.88 Å². The summed E-state index contributed by atoms with van der Waals surface area (Å²) >= 11 is 1.39. The molecule has 1 aliphatic rings. The average molecular weight is 484 g/mol. The van der Waals surface area contributed by atoms with Gasteiger partial charge in [0.05, 0.1) is 10.4 Å². The summed E-state index contributed by atoms with van der Waals surface area (Å²) in [7, 11) is -3.48. The van der Waals surface area contributed by atoms with Crippen molar-refractivity contribution in [2.45, 2.75) is 23.8 Å². The number of piperidine rings is 1. The Morgan fingerprint density at radius 2 is 1.82 bits per heavy atom. The topological polar surface area (TPSA) is 72.4 Å². The molecule has 2 aromatic carbocycles. The van der Waals surface area contributed by atoms with Crippen LogP contribution in [-0.4, -0.2) is 43.8 Å². The minimum absolute atomic E-state index is 0.0411. The molecule has 1 fully saturated rings. The minimum Gasteiger partial charge on any atom is -0.473 e. The minimum atomic E-state index is -3.48. The first-order valence-corrected chi connectivity index (χ1v) is 13.4. The van der Waals surface area contributed by atoms with Crippen molar-refractivity contribution in [2.24, 2.45) is 0 Å². The summed E-state index contributed by atoms with van der Waals surface area (Å²) in [5.74, 6) is -0.102. The average Bonchev–Trinajstić information content (AvgIpc) is 3.24. The van der Waals surface area contributed by atoms with E-state index in [1.807, 2.05) is 23.6 Å². The molecule has 5 rings (SSSR count). The lowest BCUT2D eigenvalue weighted by Gasteiger charge is -2.33. The second kappa shape index (κ2) is 8.72. The van der Waals surface area contributed by atoms with Gasteiger partial charge in [0.1, 0.15) is 22.9 Å². The number of sulfone groups is 1. The first-order chi connectivity index (χ1) is 15.9. The van der Waals surface area contributed by atoms with Crippen molar-refractivity contribution >= 4 is 37.1 Å². The maximum atomic E-state index is 14.8. The molecule has 4 aromatic rings. The molecule has 33 heavy (non-hydrogen) atoms. The lowest BCUT2D eigenvalue weighted by Crippen LogP contribution is -2.38. The SMILES string of the molecule is CS(=O)(=O)c1ccc(-c2csc3c(OC4CCN(c5ccccc5)CC4)ncnc23)c(F)c1. The molecule has 1 saturated heterocycles. The number of hydrogen-bond acceptors (Lipinski definition) is 7. The Hall–Kier alpha value is -3.04. The molecule has 0 unspecified atom stereocenters. The number of benzene rings is 2. The van der Waals surface area contributed by atoms with Gasteiger partial charge >= 0.3 is 0 Å². The summed E-state index contributed by atoms with van der Waals surface area (Å²) in [4.78, 5) is 11.0. The van der Waals surface area contributed by atoms with E-state index in [0.29, 0.717) is 22.5 Å².